The lowest BCUT2D eigenvalue weighted by Crippen LogP contribution is -2.30. The molecule has 102 valence electrons. The van der Waals surface area contributed by atoms with Crippen LogP contribution in [0.1, 0.15) is 5.56 Å². The molecular formula is C13H20FNO3. The van der Waals surface area contributed by atoms with E-state index in [9.17, 15) is 9.50 Å². The van der Waals surface area contributed by atoms with E-state index in [2.05, 4.69) is 0 Å². The number of benzene rings is 1. The summed E-state index contributed by atoms with van der Waals surface area (Å²) in [6.07, 6.45) is 0. The van der Waals surface area contributed by atoms with Gasteiger partial charge in [-0.25, -0.2) is 4.39 Å². The fourth-order valence-corrected chi connectivity index (χ4v) is 1.64. The first-order chi connectivity index (χ1) is 8.69. The Morgan fingerprint density at radius 3 is 2.33 bits per heavy atom. The Morgan fingerprint density at radius 1 is 1.17 bits per heavy atom. The van der Waals surface area contributed by atoms with Crippen LogP contribution in [-0.2, 0) is 16.0 Å². The number of ether oxygens (including phenoxy) is 2. The minimum Gasteiger partial charge on any atom is -0.505 e. The molecule has 0 unspecified atom stereocenters. The van der Waals surface area contributed by atoms with Crippen molar-refractivity contribution in [1.82, 2.24) is 4.90 Å². The van der Waals surface area contributed by atoms with Crippen molar-refractivity contribution in [3.05, 3.63) is 29.6 Å². The zero-order valence-electron chi connectivity index (χ0n) is 10.9. The number of methoxy groups -OCH3 is 2. The molecule has 0 fully saturated rings. The topological polar surface area (TPSA) is 41.9 Å². The highest BCUT2D eigenvalue weighted by atomic mass is 19.1. The zero-order valence-corrected chi connectivity index (χ0v) is 10.9. The lowest BCUT2D eigenvalue weighted by molar-refractivity contribution is 0.109. The lowest BCUT2D eigenvalue weighted by Gasteiger charge is -2.22. The van der Waals surface area contributed by atoms with Crippen molar-refractivity contribution in [2.75, 3.05) is 40.5 Å². The van der Waals surface area contributed by atoms with Crippen LogP contribution in [0.4, 0.5) is 4.39 Å². The Morgan fingerprint density at radius 2 is 1.78 bits per heavy atom. The molecule has 0 aliphatic carbocycles. The second-order valence-corrected chi connectivity index (χ2v) is 4.01. The summed E-state index contributed by atoms with van der Waals surface area (Å²) in [5, 5.41) is 9.63. The second-order valence-electron chi connectivity index (χ2n) is 4.01. The number of halogens is 1. The van der Waals surface area contributed by atoms with E-state index < -0.39 is 5.82 Å². The maximum absolute atomic E-state index is 13.2. The van der Waals surface area contributed by atoms with Crippen LogP contribution in [-0.4, -0.2) is 50.5 Å². The largest absolute Gasteiger partial charge is 0.505 e. The van der Waals surface area contributed by atoms with Crippen LogP contribution in [0.15, 0.2) is 18.2 Å². The summed E-state index contributed by atoms with van der Waals surface area (Å²) < 4.78 is 23.3. The molecule has 0 spiro atoms. The van der Waals surface area contributed by atoms with Crippen LogP contribution in [0.25, 0.3) is 0 Å². The van der Waals surface area contributed by atoms with E-state index in [-0.39, 0.29) is 5.75 Å². The number of nitrogens with zero attached hydrogens (tertiary/aromatic N) is 1. The zero-order chi connectivity index (χ0) is 13.4. The minimum atomic E-state index is -0.592. The molecule has 4 nitrogen and oxygen atoms in total. The maximum Gasteiger partial charge on any atom is 0.165 e. The molecule has 0 radical (unpaired) electrons. The van der Waals surface area contributed by atoms with Gasteiger partial charge in [0.25, 0.3) is 0 Å². The number of phenolic OH excluding ortho intramolecular Hbond substituents is 1. The minimum absolute atomic E-state index is 0.280. The van der Waals surface area contributed by atoms with Crippen LogP contribution < -0.4 is 0 Å². The maximum atomic E-state index is 13.2. The molecule has 5 heteroatoms. The van der Waals surface area contributed by atoms with E-state index in [1.165, 1.54) is 6.07 Å². The average molecular weight is 257 g/mol. The van der Waals surface area contributed by atoms with E-state index in [1.807, 2.05) is 4.90 Å². The fraction of sp³-hybridized carbons (Fsp3) is 0.538. The molecule has 1 aromatic carbocycles. The molecule has 1 aromatic rings. The fourth-order valence-electron chi connectivity index (χ4n) is 1.64. The van der Waals surface area contributed by atoms with Crippen molar-refractivity contribution < 1.29 is 19.0 Å². The molecule has 0 aromatic heterocycles. The molecule has 0 amide bonds. The third kappa shape index (κ3) is 4.60. The molecule has 0 atom stereocenters. The molecule has 18 heavy (non-hydrogen) atoms. The van der Waals surface area contributed by atoms with Crippen molar-refractivity contribution >= 4 is 0 Å². The molecule has 0 aliphatic rings. The predicted octanol–water partition coefficient (Wildman–Crippen LogP) is 1.63. The first-order valence-corrected chi connectivity index (χ1v) is 5.85. The summed E-state index contributed by atoms with van der Waals surface area (Å²) in [7, 11) is 3.27. The molecular weight excluding hydrogens is 237 g/mol. The molecule has 0 bridgehead atoms. The Hall–Kier alpha value is -1.17. The Bertz CT molecular complexity index is 352. The number of hydrogen-bond donors (Lipinski definition) is 1. The Balaban J connectivity index is 2.65. The van der Waals surface area contributed by atoms with Crippen molar-refractivity contribution in [1.29, 1.82) is 0 Å². The van der Waals surface area contributed by atoms with Gasteiger partial charge in [-0.1, -0.05) is 12.1 Å². The standard InChI is InChI=1S/C13H20FNO3/c1-17-8-6-15(7-9-18-2)10-11-4-3-5-12(14)13(11)16/h3-5,16H,6-10H2,1-2H3. The third-order valence-corrected chi connectivity index (χ3v) is 2.69. The molecule has 1 N–H and O–H groups in total. The Kier molecular flexibility index (Phi) is 6.64. The van der Waals surface area contributed by atoms with Gasteiger partial charge in [-0.05, 0) is 6.07 Å². The summed E-state index contributed by atoms with van der Waals surface area (Å²) in [4.78, 5) is 2.04. The average Bonchev–Trinajstić information content (AvgIpc) is 2.38. The molecule has 1 rings (SSSR count). The van der Waals surface area contributed by atoms with Crippen molar-refractivity contribution in [3.63, 3.8) is 0 Å². The van der Waals surface area contributed by atoms with Gasteiger partial charge in [0, 0.05) is 39.4 Å². The summed E-state index contributed by atoms with van der Waals surface area (Å²) in [6, 6.07) is 4.55. The van der Waals surface area contributed by atoms with Crippen molar-refractivity contribution in [2.24, 2.45) is 0 Å². The van der Waals surface area contributed by atoms with Crippen LogP contribution in [0.5, 0.6) is 5.75 Å². The van der Waals surface area contributed by atoms with Crippen LogP contribution >= 0.6 is 0 Å². The van der Waals surface area contributed by atoms with E-state index in [4.69, 9.17) is 9.47 Å². The number of aromatic hydroxyl groups is 1. The lowest BCUT2D eigenvalue weighted by atomic mass is 10.2. The summed E-state index contributed by atoms with van der Waals surface area (Å²) in [5.74, 6) is -0.872. The molecule has 0 heterocycles. The van der Waals surface area contributed by atoms with Gasteiger partial charge in [-0.3, -0.25) is 4.90 Å². The molecule has 0 aliphatic heterocycles. The monoisotopic (exact) mass is 257 g/mol. The number of para-hydroxylation sites is 1. The molecule has 0 saturated heterocycles. The van der Waals surface area contributed by atoms with Crippen LogP contribution in [0, 0.1) is 5.82 Å². The van der Waals surface area contributed by atoms with Crippen LogP contribution in [0.2, 0.25) is 0 Å². The van der Waals surface area contributed by atoms with Crippen LogP contribution in [0.3, 0.4) is 0 Å². The first-order valence-electron chi connectivity index (χ1n) is 5.85. The SMILES string of the molecule is COCCN(CCOC)Cc1cccc(F)c1O. The van der Waals surface area contributed by atoms with Crippen molar-refractivity contribution in [2.45, 2.75) is 6.54 Å². The quantitative estimate of drug-likeness (QED) is 0.768. The number of hydrogen-bond acceptors (Lipinski definition) is 4. The van der Waals surface area contributed by atoms with Gasteiger partial charge < -0.3 is 14.6 Å². The van der Waals surface area contributed by atoms with Gasteiger partial charge in [0.15, 0.2) is 11.6 Å². The van der Waals surface area contributed by atoms with E-state index >= 15 is 0 Å². The molecule has 0 saturated carbocycles. The first kappa shape index (κ1) is 14.9. The van der Waals surface area contributed by atoms with Gasteiger partial charge in [0.05, 0.1) is 13.2 Å². The number of rotatable bonds is 8. The van der Waals surface area contributed by atoms with Gasteiger partial charge >= 0.3 is 0 Å². The smallest absolute Gasteiger partial charge is 0.165 e. The van der Waals surface area contributed by atoms with Gasteiger partial charge in [-0.15, -0.1) is 0 Å². The highest BCUT2D eigenvalue weighted by Gasteiger charge is 2.11. The normalized spacial score (nSPS) is 11.1. The van der Waals surface area contributed by atoms with E-state index in [0.29, 0.717) is 38.4 Å². The summed E-state index contributed by atoms with van der Waals surface area (Å²) >= 11 is 0. The summed E-state index contributed by atoms with van der Waals surface area (Å²) in [6.45, 7) is 3.04. The van der Waals surface area contributed by atoms with Gasteiger partial charge in [-0.2, -0.15) is 0 Å². The van der Waals surface area contributed by atoms with E-state index in [1.54, 1.807) is 26.4 Å². The Labute approximate surface area is 107 Å². The van der Waals surface area contributed by atoms with Crippen molar-refractivity contribution in [3.8, 4) is 5.75 Å². The number of phenols is 1. The van der Waals surface area contributed by atoms with Gasteiger partial charge in [0.1, 0.15) is 0 Å². The second kappa shape index (κ2) is 8.02. The highest BCUT2D eigenvalue weighted by molar-refractivity contribution is 5.33. The third-order valence-electron chi connectivity index (χ3n) is 2.69. The predicted molar refractivity (Wildman–Crippen MR) is 67.1 cm³/mol. The van der Waals surface area contributed by atoms with Gasteiger partial charge in [0.2, 0.25) is 0 Å². The highest BCUT2D eigenvalue weighted by Crippen LogP contribution is 2.21. The van der Waals surface area contributed by atoms with E-state index in [0.717, 1.165) is 0 Å². The summed E-state index contributed by atoms with van der Waals surface area (Å²) in [5.41, 5.74) is 0.571.